The van der Waals surface area contributed by atoms with Gasteiger partial charge in [-0.15, -0.1) is 0 Å². The van der Waals surface area contributed by atoms with Crippen molar-refractivity contribution >= 4 is 21.4 Å². The first-order valence-electron chi connectivity index (χ1n) is 3.87. The van der Waals surface area contributed by atoms with Crippen LogP contribution in [0.3, 0.4) is 0 Å². The second-order valence-corrected chi connectivity index (χ2v) is 3.70. The number of ether oxygens (including phenoxy) is 1. The lowest BCUT2D eigenvalue weighted by atomic mass is 10.2. The standard InChI is InChI=1S/C10H8O2S/c1-12-8-4-2-7-3-5-10(11)13-9(7)6-8/h2-6H,1H3. The summed E-state index contributed by atoms with van der Waals surface area (Å²) >= 11 is 1.24. The molecule has 0 amide bonds. The van der Waals surface area contributed by atoms with Crippen LogP contribution >= 0.6 is 11.3 Å². The molecule has 0 radical (unpaired) electrons. The highest BCUT2D eigenvalue weighted by atomic mass is 32.1. The SMILES string of the molecule is COc1ccc2ccc(=O)sc2c1. The molecule has 1 aromatic heterocycles. The number of rotatable bonds is 1. The summed E-state index contributed by atoms with van der Waals surface area (Å²) in [5.74, 6) is 0.786. The molecule has 0 atom stereocenters. The van der Waals surface area contributed by atoms with Crippen molar-refractivity contribution in [3.8, 4) is 5.75 Å². The zero-order valence-corrected chi connectivity index (χ0v) is 7.93. The van der Waals surface area contributed by atoms with Crippen LogP contribution < -0.4 is 9.48 Å². The molecule has 0 saturated carbocycles. The lowest BCUT2D eigenvalue weighted by molar-refractivity contribution is 0.415. The number of benzene rings is 1. The molecule has 2 nitrogen and oxygen atoms in total. The summed E-state index contributed by atoms with van der Waals surface area (Å²) in [5.41, 5.74) is 0. The van der Waals surface area contributed by atoms with E-state index in [2.05, 4.69) is 0 Å². The van der Waals surface area contributed by atoms with Crippen molar-refractivity contribution in [3.63, 3.8) is 0 Å². The molecule has 66 valence electrons. The van der Waals surface area contributed by atoms with Gasteiger partial charge in [-0.1, -0.05) is 11.3 Å². The summed E-state index contributed by atoms with van der Waals surface area (Å²) in [5, 5.41) is 1.07. The third kappa shape index (κ3) is 1.55. The van der Waals surface area contributed by atoms with Gasteiger partial charge < -0.3 is 4.74 Å². The molecule has 2 aromatic rings. The quantitative estimate of drug-likeness (QED) is 0.692. The van der Waals surface area contributed by atoms with Crippen LogP contribution in [0.25, 0.3) is 10.1 Å². The summed E-state index contributed by atoms with van der Waals surface area (Å²) in [6.45, 7) is 0. The molecule has 1 aromatic carbocycles. The van der Waals surface area contributed by atoms with Crippen molar-refractivity contribution in [2.24, 2.45) is 0 Å². The van der Waals surface area contributed by atoms with Crippen LogP contribution in [0.4, 0.5) is 0 Å². The van der Waals surface area contributed by atoms with Crippen molar-refractivity contribution in [2.75, 3.05) is 7.11 Å². The summed E-state index contributed by atoms with van der Waals surface area (Å²) in [6.07, 6.45) is 0. The molecular formula is C10H8O2S. The van der Waals surface area contributed by atoms with Gasteiger partial charge in [-0.05, 0) is 35.7 Å². The van der Waals surface area contributed by atoms with E-state index in [0.717, 1.165) is 15.8 Å². The Bertz CT molecular complexity index is 487. The second-order valence-electron chi connectivity index (χ2n) is 2.66. The third-order valence-electron chi connectivity index (χ3n) is 1.83. The smallest absolute Gasteiger partial charge is 0.232 e. The average molecular weight is 192 g/mol. The summed E-state index contributed by atoms with van der Waals surface area (Å²) in [4.78, 5) is 11.1. The van der Waals surface area contributed by atoms with Gasteiger partial charge >= 0.3 is 0 Å². The van der Waals surface area contributed by atoms with E-state index in [1.165, 1.54) is 11.3 Å². The molecule has 0 spiro atoms. The zero-order chi connectivity index (χ0) is 9.26. The predicted octanol–water partition coefficient (Wildman–Crippen LogP) is 2.27. The van der Waals surface area contributed by atoms with Crippen LogP contribution in [0.2, 0.25) is 0 Å². The Kier molecular flexibility index (Phi) is 2.02. The van der Waals surface area contributed by atoms with E-state index in [4.69, 9.17) is 4.74 Å². The average Bonchev–Trinajstić information content (AvgIpc) is 2.16. The van der Waals surface area contributed by atoms with E-state index in [-0.39, 0.29) is 4.74 Å². The van der Waals surface area contributed by atoms with Crippen molar-refractivity contribution in [1.29, 1.82) is 0 Å². The van der Waals surface area contributed by atoms with Crippen LogP contribution in [-0.2, 0) is 0 Å². The largest absolute Gasteiger partial charge is 0.497 e. The molecule has 2 rings (SSSR count). The molecule has 13 heavy (non-hydrogen) atoms. The van der Waals surface area contributed by atoms with Crippen LogP contribution in [0.15, 0.2) is 35.1 Å². The van der Waals surface area contributed by atoms with Gasteiger partial charge in [0.25, 0.3) is 0 Å². The van der Waals surface area contributed by atoms with E-state index in [1.807, 2.05) is 24.3 Å². The van der Waals surface area contributed by atoms with Gasteiger partial charge in [0.1, 0.15) is 5.75 Å². The van der Waals surface area contributed by atoms with E-state index in [1.54, 1.807) is 13.2 Å². The molecule has 0 saturated heterocycles. The number of hydrogen-bond acceptors (Lipinski definition) is 3. The first-order chi connectivity index (χ1) is 6.29. The second kappa shape index (κ2) is 3.18. The minimum atomic E-state index is 0.0701. The highest BCUT2D eigenvalue weighted by Crippen LogP contribution is 2.21. The highest BCUT2D eigenvalue weighted by molar-refractivity contribution is 7.16. The van der Waals surface area contributed by atoms with E-state index in [9.17, 15) is 4.79 Å². The summed E-state index contributed by atoms with van der Waals surface area (Å²) < 4.78 is 6.10. The fourth-order valence-corrected chi connectivity index (χ4v) is 1.95. The Morgan fingerprint density at radius 2 is 2.00 bits per heavy atom. The van der Waals surface area contributed by atoms with Gasteiger partial charge in [-0.25, -0.2) is 0 Å². The van der Waals surface area contributed by atoms with Gasteiger partial charge in [0.15, 0.2) is 0 Å². The van der Waals surface area contributed by atoms with Crippen molar-refractivity contribution in [3.05, 3.63) is 39.9 Å². The molecule has 3 heteroatoms. The Morgan fingerprint density at radius 1 is 1.23 bits per heavy atom. The summed E-state index contributed by atoms with van der Waals surface area (Å²) in [7, 11) is 1.62. The van der Waals surface area contributed by atoms with E-state index >= 15 is 0 Å². The molecule has 0 bridgehead atoms. The number of hydrogen-bond donors (Lipinski definition) is 0. The topological polar surface area (TPSA) is 26.3 Å². The third-order valence-corrected chi connectivity index (χ3v) is 2.74. The summed E-state index contributed by atoms with van der Waals surface area (Å²) in [6, 6.07) is 9.12. The maximum Gasteiger partial charge on any atom is 0.232 e. The molecule has 0 aliphatic rings. The van der Waals surface area contributed by atoms with Crippen molar-refractivity contribution in [1.82, 2.24) is 0 Å². The Balaban J connectivity index is 2.75. The molecule has 0 fully saturated rings. The van der Waals surface area contributed by atoms with Crippen LogP contribution in [0.5, 0.6) is 5.75 Å². The minimum absolute atomic E-state index is 0.0701. The highest BCUT2D eigenvalue weighted by Gasteiger charge is 1.96. The molecular weight excluding hydrogens is 184 g/mol. The first kappa shape index (κ1) is 8.26. The maximum absolute atomic E-state index is 11.1. The maximum atomic E-state index is 11.1. The Hall–Kier alpha value is -1.35. The molecule has 0 aliphatic heterocycles. The van der Waals surface area contributed by atoms with Crippen LogP contribution in [0.1, 0.15) is 0 Å². The Labute approximate surface area is 79.4 Å². The minimum Gasteiger partial charge on any atom is -0.497 e. The molecule has 0 aliphatic carbocycles. The van der Waals surface area contributed by atoms with E-state index in [0.29, 0.717) is 0 Å². The van der Waals surface area contributed by atoms with Gasteiger partial charge in [-0.2, -0.15) is 0 Å². The fourth-order valence-electron chi connectivity index (χ4n) is 1.17. The van der Waals surface area contributed by atoms with Gasteiger partial charge in [-0.3, -0.25) is 4.79 Å². The molecule has 1 heterocycles. The molecule has 0 unspecified atom stereocenters. The lowest BCUT2D eigenvalue weighted by Crippen LogP contribution is -1.89. The van der Waals surface area contributed by atoms with Crippen molar-refractivity contribution in [2.45, 2.75) is 0 Å². The number of methoxy groups -OCH3 is 1. The first-order valence-corrected chi connectivity index (χ1v) is 4.69. The number of fused-ring (bicyclic) bond motifs is 1. The fraction of sp³-hybridized carbons (Fsp3) is 0.100. The monoisotopic (exact) mass is 192 g/mol. The predicted molar refractivity (Wildman–Crippen MR) is 54.6 cm³/mol. The molecule has 0 N–H and O–H groups in total. The van der Waals surface area contributed by atoms with Gasteiger partial charge in [0, 0.05) is 4.70 Å². The van der Waals surface area contributed by atoms with Gasteiger partial charge in [0.05, 0.1) is 7.11 Å². The van der Waals surface area contributed by atoms with Crippen LogP contribution in [-0.4, -0.2) is 7.11 Å². The van der Waals surface area contributed by atoms with E-state index < -0.39 is 0 Å². The van der Waals surface area contributed by atoms with Crippen molar-refractivity contribution < 1.29 is 4.74 Å². The van der Waals surface area contributed by atoms with Crippen LogP contribution in [0, 0.1) is 0 Å². The Morgan fingerprint density at radius 3 is 2.77 bits per heavy atom. The van der Waals surface area contributed by atoms with Gasteiger partial charge in [0.2, 0.25) is 4.74 Å². The lowest BCUT2D eigenvalue weighted by Gasteiger charge is -2.00. The normalized spacial score (nSPS) is 10.2. The zero-order valence-electron chi connectivity index (χ0n) is 7.11.